The van der Waals surface area contributed by atoms with E-state index in [1.54, 1.807) is 14.0 Å². The fraction of sp³-hybridized carbons (Fsp3) is 0.222. The molecule has 3 rings (SSSR count). The number of allylic oxidation sites excluding steroid dienone is 2. The molecule has 0 saturated carbocycles. The van der Waals surface area contributed by atoms with Crippen molar-refractivity contribution in [1.29, 1.82) is 0 Å². The van der Waals surface area contributed by atoms with Crippen LogP contribution in [0.4, 0.5) is 13.2 Å². The molecule has 1 aromatic carbocycles. The van der Waals surface area contributed by atoms with Crippen molar-refractivity contribution in [3.05, 3.63) is 63.9 Å². The van der Waals surface area contributed by atoms with E-state index in [1.807, 2.05) is 0 Å². The predicted octanol–water partition coefficient (Wildman–Crippen LogP) is 3.24. The molecule has 0 amide bonds. The van der Waals surface area contributed by atoms with E-state index in [0.29, 0.717) is 23.4 Å². The van der Waals surface area contributed by atoms with Crippen LogP contribution in [0.5, 0.6) is 5.75 Å². The molecule has 1 heterocycles. The van der Waals surface area contributed by atoms with E-state index in [-0.39, 0.29) is 23.6 Å². The van der Waals surface area contributed by atoms with E-state index in [1.165, 1.54) is 11.7 Å². The lowest BCUT2D eigenvalue weighted by Gasteiger charge is -2.14. The van der Waals surface area contributed by atoms with Crippen molar-refractivity contribution in [3.63, 3.8) is 0 Å². The average Bonchev–Trinajstić information content (AvgIpc) is 2.82. The topological polar surface area (TPSA) is 57.5 Å². The minimum absolute atomic E-state index is 0.0669. The Morgan fingerprint density at radius 2 is 1.73 bits per heavy atom. The summed E-state index contributed by atoms with van der Waals surface area (Å²) in [5, 5.41) is 0. The summed E-state index contributed by atoms with van der Waals surface area (Å²) in [5.74, 6) is -5.32. The second kappa shape index (κ2) is 6.36. The Bertz CT molecular complexity index is 952. The first-order chi connectivity index (χ1) is 12.3. The summed E-state index contributed by atoms with van der Waals surface area (Å²) in [7, 11) is 2.85. The molecule has 1 aliphatic rings. The lowest BCUT2D eigenvalue weighted by atomic mass is 9.96. The molecule has 0 unspecified atom stereocenters. The van der Waals surface area contributed by atoms with Gasteiger partial charge >= 0.3 is 0 Å². The monoisotopic (exact) mass is 365 g/mol. The summed E-state index contributed by atoms with van der Waals surface area (Å²) < 4.78 is 52.1. The molecule has 0 radical (unpaired) electrons. The zero-order valence-electron chi connectivity index (χ0n) is 14.2. The molecule has 0 spiro atoms. The van der Waals surface area contributed by atoms with Crippen LogP contribution in [0.2, 0.25) is 0 Å². The molecule has 0 bridgehead atoms. The number of benzene rings is 1. The lowest BCUT2D eigenvalue weighted by Crippen LogP contribution is -2.20. The van der Waals surface area contributed by atoms with E-state index in [9.17, 15) is 22.8 Å². The van der Waals surface area contributed by atoms with Crippen molar-refractivity contribution >= 4 is 11.6 Å². The number of carbonyl (C=O) groups is 2. The van der Waals surface area contributed by atoms with E-state index >= 15 is 0 Å². The van der Waals surface area contributed by atoms with Gasteiger partial charge in [0.05, 0.1) is 12.7 Å². The minimum atomic E-state index is -1.20. The summed E-state index contributed by atoms with van der Waals surface area (Å²) in [6.07, 6.45) is 1.09. The van der Waals surface area contributed by atoms with Crippen LogP contribution in [0.1, 0.15) is 32.1 Å². The van der Waals surface area contributed by atoms with E-state index in [2.05, 4.69) is 0 Å². The van der Waals surface area contributed by atoms with Crippen molar-refractivity contribution in [2.75, 3.05) is 7.11 Å². The quantitative estimate of drug-likeness (QED) is 0.835. The molecule has 26 heavy (non-hydrogen) atoms. The molecule has 0 aliphatic heterocycles. The maximum Gasteiger partial charge on any atom is 0.230 e. The first-order valence-corrected chi connectivity index (χ1v) is 7.56. The number of aromatic nitrogens is 1. The van der Waals surface area contributed by atoms with Gasteiger partial charge in [-0.1, -0.05) is 0 Å². The van der Waals surface area contributed by atoms with Gasteiger partial charge in [0.1, 0.15) is 18.1 Å². The third-order valence-electron chi connectivity index (χ3n) is 4.30. The fourth-order valence-electron chi connectivity index (χ4n) is 2.91. The highest BCUT2D eigenvalue weighted by molar-refractivity contribution is 6.24. The number of hydrogen-bond acceptors (Lipinski definition) is 4. The second-order valence-electron chi connectivity index (χ2n) is 5.74. The number of halogens is 3. The van der Waals surface area contributed by atoms with Crippen LogP contribution in [0.3, 0.4) is 0 Å². The summed E-state index contributed by atoms with van der Waals surface area (Å²) in [6.45, 7) is 1.26. The maximum atomic E-state index is 13.8. The van der Waals surface area contributed by atoms with Gasteiger partial charge in [-0.25, -0.2) is 13.2 Å². The SMILES string of the molecule is COC1=CC(=O)c2c(c(COc3c(F)cc(F)cc3F)c(C)n2C)C1=O. The normalized spacial score (nSPS) is 13.5. The van der Waals surface area contributed by atoms with Crippen molar-refractivity contribution in [2.45, 2.75) is 13.5 Å². The van der Waals surface area contributed by atoms with Crippen molar-refractivity contribution in [3.8, 4) is 5.75 Å². The van der Waals surface area contributed by atoms with Gasteiger partial charge in [0, 0.05) is 36.5 Å². The maximum absolute atomic E-state index is 13.8. The van der Waals surface area contributed by atoms with Gasteiger partial charge in [-0.3, -0.25) is 9.59 Å². The van der Waals surface area contributed by atoms with Crippen LogP contribution in [-0.2, 0) is 18.4 Å². The molecule has 5 nitrogen and oxygen atoms in total. The first-order valence-electron chi connectivity index (χ1n) is 7.56. The third-order valence-corrected chi connectivity index (χ3v) is 4.30. The van der Waals surface area contributed by atoms with Gasteiger partial charge in [-0.15, -0.1) is 0 Å². The van der Waals surface area contributed by atoms with Gasteiger partial charge in [0.15, 0.2) is 23.1 Å². The Kier molecular flexibility index (Phi) is 4.35. The number of hydrogen-bond donors (Lipinski definition) is 0. The standard InChI is InChI=1S/C18H14F3NO4/c1-8-10(7-26-18-11(20)4-9(19)5-12(18)21)15-16(22(8)2)13(23)6-14(25-3)17(15)24/h4-6H,7H2,1-3H3. The Labute approximate surface area is 146 Å². The Balaban J connectivity index is 2.03. The zero-order valence-corrected chi connectivity index (χ0v) is 14.2. The Morgan fingerprint density at radius 1 is 1.12 bits per heavy atom. The van der Waals surface area contributed by atoms with Crippen LogP contribution < -0.4 is 4.74 Å². The number of carbonyl (C=O) groups excluding carboxylic acids is 2. The highest BCUT2D eigenvalue weighted by Crippen LogP contribution is 2.31. The zero-order chi connectivity index (χ0) is 19.2. The van der Waals surface area contributed by atoms with E-state index in [4.69, 9.17) is 9.47 Å². The number of nitrogens with zero attached hydrogens (tertiary/aromatic N) is 1. The molecule has 0 N–H and O–H groups in total. The summed E-state index contributed by atoms with van der Waals surface area (Å²) in [6, 6.07) is 0.984. The van der Waals surface area contributed by atoms with Gasteiger partial charge in [0.25, 0.3) is 0 Å². The summed E-state index contributed by atoms with van der Waals surface area (Å²) in [5.41, 5.74) is 1.03. The molecule has 0 fully saturated rings. The second-order valence-corrected chi connectivity index (χ2v) is 5.74. The summed E-state index contributed by atoms with van der Waals surface area (Å²) in [4.78, 5) is 24.8. The van der Waals surface area contributed by atoms with E-state index < -0.39 is 34.8 Å². The number of ether oxygens (including phenoxy) is 2. The minimum Gasteiger partial charge on any atom is -0.492 e. The molecule has 0 saturated heterocycles. The number of methoxy groups -OCH3 is 1. The number of ketones is 2. The van der Waals surface area contributed by atoms with Gasteiger partial charge < -0.3 is 14.0 Å². The average molecular weight is 365 g/mol. The van der Waals surface area contributed by atoms with Crippen LogP contribution >= 0.6 is 0 Å². The van der Waals surface area contributed by atoms with Gasteiger partial charge in [-0.05, 0) is 6.92 Å². The van der Waals surface area contributed by atoms with Crippen LogP contribution in [0.25, 0.3) is 0 Å². The van der Waals surface area contributed by atoms with Crippen LogP contribution in [0.15, 0.2) is 24.0 Å². The Morgan fingerprint density at radius 3 is 2.31 bits per heavy atom. The van der Waals surface area contributed by atoms with Crippen LogP contribution in [0, 0.1) is 24.4 Å². The van der Waals surface area contributed by atoms with Crippen LogP contribution in [-0.4, -0.2) is 23.2 Å². The molecule has 2 aromatic rings. The predicted molar refractivity (Wildman–Crippen MR) is 84.6 cm³/mol. The molecule has 136 valence electrons. The van der Waals surface area contributed by atoms with Crippen molar-refractivity contribution in [1.82, 2.24) is 4.57 Å². The molecule has 8 heteroatoms. The number of rotatable bonds is 4. The van der Waals surface area contributed by atoms with Crippen molar-refractivity contribution < 1.29 is 32.2 Å². The molecule has 0 atom stereocenters. The highest BCUT2D eigenvalue weighted by atomic mass is 19.1. The van der Waals surface area contributed by atoms with E-state index in [0.717, 1.165) is 6.08 Å². The summed E-state index contributed by atoms with van der Waals surface area (Å²) >= 11 is 0. The van der Waals surface area contributed by atoms with Crippen molar-refractivity contribution in [2.24, 2.45) is 7.05 Å². The lowest BCUT2D eigenvalue weighted by molar-refractivity contribution is 0.0912. The largest absolute Gasteiger partial charge is 0.492 e. The highest BCUT2D eigenvalue weighted by Gasteiger charge is 2.34. The number of Topliss-reactive ketones (excluding diaryl/α,β-unsaturated/α-hetero) is 1. The molecular formula is C18H14F3NO4. The van der Waals surface area contributed by atoms with Gasteiger partial charge in [0.2, 0.25) is 11.6 Å². The fourth-order valence-corrected chi connectivity index (χ4v) is 2.91. The molecule has 1 aliphatic carbocycles. The molecule has 1 aromatic heterocycles. The Hall–Kier alpha value is -3.03. The smallest absolute Gasteiger partial charge is 0.230 e. The molecular weight excluding hydrogens is 351 g/mol. The van der Waals surface area contributed by atoms with Gasteiger partial charge in [-0.2, -0.15) is 0 Å². The number of fused-ring (bicyclic) bond motifs is 1. The third kappa shape index (κ3) is 2.67. The first kappa shape index (κ1) is 17.8.